The van der Waals surface area contributed by atoms with Crippen LogP contribution >= 0.6 is 0 Å². The van der Waals surface area contributed by atoms with Gasteiger partial charge in [-0.1, -0.05) is 152 Å². The largest absolute Gasteiger partial charge is 0.309 e. The first-order valence-electron chi connectivity index (χ1n) is 21.8. The summed E-state index contributed by atoms with van der Waals surface area (Å²) in [7, 11) is 0. The maximum atomic E-state index is 5.48. The van der Waals surface area contributed by atoms with Gasteiger partial charge in [-0.25, -0.2) is 9.97 Å². The van der Waals surface area contributed by atoms with E-state index in [2.05, 4.69) is 231 Å². The molecule has 0 bridgehead atoms. The summed E-state index contributed by atoms with van der Waals surface area (Å²) in [6.45, 7) is 0. The highest BCUT2D eigenvalue weighted by atomic mass is 15.1. The van der Waals surface area contributed by atoms with Crippen molar-refractivity contribution in [3.05, 3.63) is 218 Å². The van der Waals surface area contributed by atoms with Gasteiger partial charge in [0, 0.05) is 66.1 Å². The molecule has 0 saturated heterocycles. The topological polar surface area (TPSA) is 45.5 Å². The molecule has 14 rings (SSSR count). The molecule has 0 fully saturated rings. The summed E-state index contributed by atoms with van der Waals surface area (Å²) in [4.78, 5) is 11.0. The van der Waals surface area contributed by atoms with Gasteiger partial charge < -0.3 is 9.13 Å². The predicted molar refractivity (Wildman–Crippen MR) is 265 cm³/mol. The van der Waals surface area contributed by atoms with Crippen LogP contribution in [0, 0.1) is 0 Å². The second-order valence-corrected chi connectivity index (χ2v) is 16.6. The lowest BCUT2D eigenvalue weighted by atomic mass is 10.1. The fourth-order valence-electron chi connectivity index (χ4n) is 10.6. The van der Waals surface area contributed by atoms with Crippen LogP contribution < -0.4 is 0 Å². The summed E-state index contributed by atoms with van der Waals surface area (Å²) in [6.07, 6.45) is 0. The lowest BCUT2D eigenvalue weighted by Crippen LogP contribution is -2.06. The van der Waals surface area contributed by atoms with Crippen LogP contribution in [0.1, 0.15) is 0 Å². The third kappa shape index (κ3) is 4.85. The van der Waals surface area contributed by atoms with Crippen molar-refractivity contribution in [2.45, 2.75) is 0 Å². The monoisotopic (exact) mass is 816 g/mol. The summed E-state index contributed by atoms with van der Waals surface area (Å²) in [5.41, 5.74) is 12.2. The van der Waals surface area contributed by atoms with E-state index in [-0.39, 0.29) is 0 Å². The van der Waals surface area contributed by atoms with E-state index in [1.807, 2.05) is 6.07 Å². The molecule has 298 valence electrons. The maximum absolute atomic E-state index is 5.48. The maximum Gasteiger partial charge on any atom is 0.163 e. The fourth-order valence-corrected chi connectivity index (χ4v) is 10.6. The average Bonchev–Trinajstić information content (AvgIpc) is 4.09. The van der Waals surface area contributed by atoms with E-state index in [9.17, 15) is 0 Å². The van der Waals surface area contributed by atoms with Crippen molar-refractivity contribution >= 4 is 87.2 Å². The van der Waals surface area contributed by atoms with Gasteiger partial charge in [-0.3, -0.25) is 9.13 Å². The van der Waals surface area contributed by atoms with Gasteiger partial charge in [-0.05, 0) is 60.7 Å². The molecule has 0 aliphatic rings. The van der Waals surface area contributed by atoms with Crippen molar-refractivity contribution in [3.63, 3.8) is 0 Å². The highest BCUT2D eigenvalue weighted by Crippen LogP contribution is 2.44. The van der Waals surface area contributed by atoms with Gasteiger partial charge in [0.15, 0.2) is 5.82 Å². The summed E-state index contributed by atoms with van der Waals surface area (Å²) >= 11 is 0. The third-order valence-electron chi connectivity index (χ3n) is 13.2. The molecule has 64 heavy (non-hydrogen) atoms. The van der Waals surface area contributed by atoms with Crippen molar-refractivity contribution in [1.29, 1.82) is 0 Å². The molecule has 0 aliphatic carbocycles. The predicted octanol–water partition coefficient (Wildman–Crippen LogP) is 14.5. The molecule has 14 aromatic rings. The standard InChI is InChI=1S/C58H36N6/c1-4-18-37(19-5-1)58-59-52(63-48-30-16-12-26-44(48)54-50(63)34-32-42-40-24-10-14-28-46(40)61(56(42)54)38-20-6-2-7-21-38)36-53(60-58)64-49-31-17-13-27-45(49)55-51(64)35-33-43-41-25-11-15-29-47(41)62(57(43)55)39-22-8-3-9-23-39/h1-36H. The van der Waals surface area contributed by atoms with E-state index < -0.39 is 0 Å². The van der Waals surface area contributed by atoms with Crippen LogP contribution in [-0.4, -0.2) is 28.2 Å². The first-order valence-corrected chi connectivity index (χ1v) is 21.8. The first-order chi connectivity index (χ1) is 31.8. The molecule has 0 radical (unpaired) electrons. The number of rotatable bonds is 5. The number of nitrogens with zero attached hydrogens (tertiary/aromatic N) is 6. The van der Waals surface area contributed by atoms with E-state index >= 15 is 0 Å². The Morgan fingerprint density at radius 2 is 0.625 bits per heavy atom. The molecule has 5 aromatic heterocycles. The van der Waals surface area contributed by atoms with Crippen LogP contribution in [0.25, 0.3) is 122 Å². The van der Waals surface area contributed by atoms with E-state index in [0.29, 0.717) is 5.82 Å². The van der Waals surface area contributed by atoms with Crippen molar-refractivity contribution in [1.82, 2.24) is 28.2 Å². The number of aromatic nitrogens is 6. The quantitative estimate of drug-likeness (QED) is 0.174. The molecule has 0 atom stereocenters. The number of para-hydroxylation sites is 6. The van der Waals surface area contributed by atoms with Gasteiger partial charge in [-0.15, -0.1) is 0 Å². The Balaban J connectivity index is 1.11. The second-order valence-electron chi connectivity index (χ2n) is 16.6. The molecule has 5 heterocycles. The van der Waals surface area contributed by atoms with Crippen LogP contribution in [0.2, 0.25) is 0 Å². The third-order valence-corrected chi connectivity index (χ3v) is 13.2. The minimum atomic E-state index is 0.656. The van der Waals surface area contributed by atoms with Crippen molar-refractivity contribution < 1.29 is 0 Å². The highest BCUT2D eigenvalue weighted by molar-refractivity contribution is 6.27. The zero-order valence-electron chi connectivity index (χ0n) is 34.5. The van der Waals surface area contributed by atoms with E-state index in [1.165, 1.54) is 54.4 Å². The molecular weight excluding hydrogens is 781 g/mol. The Kier molecular flexibility index (Phi) is 7.30. The Morgan fingerprint density at radius 3 is 1.06 bits per heavy atom. The average molecular weight is 817 g/mol. The Morgan fingerprint density at radius 1 is 0.266 bits per heavy atom. The Labute approximate surface area is 366 Å². The van der Waals surface area contributed by atoms with Gasteiger partial charge in [0.05, 0.1) is 44.1 Å². The number of benzene rings is 9. The van der Waals surface area contributed by atoms with Crippen molar-refractivity contribution in [2.24, 2.45) is 0 Å². The zero-order chi connectivity index (χ0) is 41.9. The van der Waals surface area contributed by atoms with Crippen LogP contribution in [0.15, 0.2) is 218 Å². The van der Waals surface area contributed by atoms with Gasteiger partial charge in [0.25, 0.3) is 0 Å². The zero-order valence-corrected chi connectivity index (χ0v) is 34.5. The van der Waals surface area contributed by atoms with E-state index in [0.717, 1.165) is 61.4 Å². The van der Waals surface area contributed by atoms with Crippen molar-refractivity contribution in [2.75, 3.05) is 0 Å². The molecule has 6 heteroatoms. The normalized spacial score (nSPS) is 12.1. The van der Waals surface area contributed by atoms with Gasteiger partial charge in [-0.2, -0.15) is 0 Å². The molecule has 0 aliphatic heterocycles. The fraction of sp³-hybridized carbons (Fsp3) is 0. The van der Waals surface area contributed by atoms with Crippen LogP contribution in [0.3, 0.4) is 0 Å². The van der Waals surface area contributed by atoms with Crippen LogP contribution in [0.5, 0.6) is 0 Å². The molecule has 0 amide bonds. The first kappa shape index (κ1) is 34.9. The molecular formula is C58H36N6. The van der Waals surface area contributed by atoms with Gasteiger partial charge >= 0.3 is 0 Å². The Hall–Kier alpha value is -8.74. The van der Waals surface area contributed by atoms with E-state index in [1.54, 1.807) is 0 Å². The summed E-state index contributed by atoms with van der Waals surface area (Å²) in [6, 6.07) is 78.1. The van der Waals surface area contributed by atoms with Gasteiger partial charge in [0.1, 0.15) is 11.6 Å². The highest BCUT2D eigenvalue weighted by Gasteiger charge is 2.25. The summed E-state index contributed by atoms with van der Waals surface area (Å²) < 4.78 is 9.54. The Bertz CT molecular complexity index is 3920. The smallest absolute Gasteiger partial charge is 0.163 e. The lowest BCUT2D eigenvalue weighted by Gasteiger charge is -2.14. The number of hydrogen-bond acceptors (Lipinski definition) is 2. The molecule has 0 spiro atoms. The van der Waals surface area contributed by atoms with Crippen LogP contribution in [0.4, 0.5) is 0 Å². The number of fused-ring (bicyclic) bond motifs is 14. The lowest BCUT2D eigenvalue weighted by molar-refractivity contribution is 0.994. The summed E-state index contributed by atoms with van der Waals surface area (Å²) in [5, 5.41) is 9.57. The summed E-state index contributed by atoms with van der Waals surface area (Å²) in [5.74, 6) is 2.24. The SMILES string of the molecule is c1ccc(-c2nc(-n3c4ccccc4c4c3ccc3c5ccccc5n(-c5ccccc5)c34)cc(-n3c4ccccc4c4c3ccc3c5ccccc5n(-c5ccccc5)c34)n2)cc1. The van der Waals surface area contributed by atoms with Crippen molar-refractivity contribution in [3.8, 4) is 34.4 Å². The molecule has 0 unspecified atom stereocenters. The second kappa shape index (κ2) is 13.4. The molecule has 6 nitrogen and oxygen atoms in total. The minimum absolute atomic E-state index is 0.656. The molecule has 0 N–H and O–H groups in total. The minimum Gasteiger partial charge on any atom is -0.309 e. The molecule has 0 saturated carbocycles. The van der Waals surface area contributed by atoms with Gasteiger partial charge in [0.2, 0.25) is 0 Å². The van der Waals surface area contributed by atoms with Crippen LogP contribution in [-0.2, 0) is 0 Å². The van der Waals surface area contributed by atoms with E-state index in [4.69, 9.17) is 9.97 Å². The number of hydrogen-bond donors (Lipinski definition) is 0. The molecule has 9 aromatic carbocycles.